The van der Waals surface area contributed by atoms with Crippen molar-refractivity contribution in [2.75, 3.05) is 6.54 Å². The molecule has 5 rings (SSSR count). The first-order chi connectivity index (χ1) is 17.5. The highest BCUT2D eigenvalue weighted by Crippen LogP contribution is 2.35. The summed E-state index contributed by atoms with van der Waals surface area (Å²) < 4.78 is 17.1. The van der Waals surface area contributed by atoms with Crippen molar-refractivity contribution >= 4 is 35.0 Å². The lowest BCUT2D eigenvalue weighted by Crippen LogP contribution is -2.45. The van der Waals surface area contributed by atoms with Gasteiger partial charge in [-0.25, -0.2) is 4.39 Å². The van der Waals surface area contributed by atoms with E-state index in [1.54, 1.807) is 38.9 Å². The molecule has 194 valence electrons. The van der Waals surface area contributed by atoms with E-state index in [0.717, 1.165) is 5.69 Å². The van der Waals surface area contributed by atoms with E-state index in [1.807, 2.05) is 20.8 Å². The summed E-state index contributed by atoms with van der Waals surface area (Å²) in [5, 5.41) is 5.42. The van der Waals surface area contributed by atoms with E-state index in [-0.39, 0.29) is 30.4 Å². The van der Waals surface area contributed by atoms with Crippen LogP contribution in [0.4, 0.5) is 4.39 Å². The first-order valence-corrected chi connectivity index (χ1v) is 12.8. The van der Waals surface area contributed by atoms with Crippen LogP contribution in [0.1, 0.15) is 70.5 Å². The van der Waals surface area contributed by atoms with Gasteiger partial charge in [0.1, 0.15) is 5.69 Å². The minimum Gasteiger partial charge on any atom is -0.331 e. The van der Waals surface area contributed by atoms with Crippen molar-refractivity contribution in [2.45, 2.75) is 51.9 Å². The summed E-state index contributed by atoms with van der Waals surface area (Å²) in [6.07, 6.45) is 2.05. The summed E-state index contributed by atoms with van der Waals surface area (Å²) in [4.78, 5) is 42.4. The maximum atomic E-state index is 14.2. The zero-order chi connectivity index (χ0) is 26.8. The fraction of sp³-hybridized carbons (Fsp3) is 0.385. The Morgan fingerprint density at radius 3 is 2.54 bits per heavy atom. The molecule has 0 N–H and O–H groups in total. The fourth-order valence-corrected chi connectivity index (χ4v) is 5.49. The molecular formula is C26H26Cl2FN5O3. The van der Waals surface area contributed by atoms with Crippen LogP contribution in [-0.2, 0) is 20.0 Å². The molecule has 2 aliphatic rings. The molecule has 2 aromatic heterocycles. The average Bonchev–Trinajstić information content (AvgIpc) is 3.23. The van der Waals surface area contributed by atoms with Crippen LogP contribution in [0.25, 0.3) is 0 Å². The molecule has 1 aromatic carbocycles. The van der Waals surface area contributed by atoms with Gasteiger partial charge < -0.3 is 14.4 Å². The van der Waals surface area contributed by atoms with Crippen LogP contribution in [0.5, 0.6) is 0 Å². The Kier molecular flexibility index (Phi) is 6.40. The molecule has 1 unspecified atom stereocenters. The number of aryl methyl sites for hydroxylation is 1. The van der Waals surface area contributed by atoms with E-state index in [9.17, 15) is 18.8 Å². The zero-order valence-electron chi connectivity index (χ0n) is 20.8. The molecular weight excluding hydrogens is 520 g/mol. The number of nitrogens with zero attached hydrogens (tertiary/aromatic N) is 5. The van der Waals surface area contributed by atoms with E-state index in [4.69, 9.17) is 28.3 Å². The Hall–Kier alpha value is -3.17. The maximum Gasteiger partial charge on any atom is 0.286 e. The maximum absolute atomic E-state index is 14.2. The minimum absolute atomic E-state index is 0.132. The molecule has 0 saturated carbocycles. The topological polar surface area (TPSA) is 80.4 Å². The number of benzene rings is 1. The van der Waals surface area contributed by atoms with Crippen LogP contribution in [0.2, 0.25) is 10.0 Å². The number of carbonyl (C=O) groups is 2. The molecule has 8 nitrogen and oxygen atoms in total. The third-order valence-electron chi connectivity index (χ3n) is 7.32. The van der Waals surface area contributed by atoms with Gasteiger partial charge in [-0.05, 0) is 50.6 Å². The Labute approximate surface area is 223 Å². The molecule has 3 atom stereocenters. The van der Waals surface area contributed by atoms with E-state index >= 15 is 0 Å². The molecule has 2 amide bonds. The van der Waals surface area contributed by atoms with Gasteiger partial charge in [-0.3, -0.25) is 19.1 Å². The number of hydrogen-bond acceptors (Lipinski definition) is 4. The smallest absolute Gasteiger partial charge is 0.286 e. The van der Waals surface area contributed by atoms with Crippen LogP contribution >= 0.6 is 23.2 Å². The molecule has 11 heteroatoms. The van der Waals surface area contributed by atoms with Crippen LogP contribution in [-0.4, -0.2) is 48.5 Å². The highest BCUT2D eigenvalue weighted by atomic mass is 35.5. The summed E-state index contributed by atoms with van der Waals surface area (Å²) >= 11 is 12.2. The molecule has 0 bridgehead atoms. The molecule has 37 heavy (non-hydrogen) atoms. The summed E-state index contributed by atoms with van der Waals surface area (Å²) in [6.45, 7) is 6.33. The van der Waals surface area contributed by atoms with Gasteiger partial charge in [0.25, 0.3) is 17.4 Å². The highest BCUT2D eigenvalue weighted by Gasteiger charge is 2.40. The van der Waals surface area contributed by atoms with Crippen LogP contribution in [0.3, 0.4) is 0 Å². The Morgan fingerprint density at radius 1 is 1.14 bits per heavy atom. The summed E-state index contributed by atoms with van der Waals surface area (Å²) in [6, 6.07) is 5.21. The second-order valence-electron chi connectivity index (χ2n) is 9.85. The van der Waals surface area contributed by atoms with Crippen molar-refractivity contribution in [1.29, 1.82) is 0 Å². The monoisotopic (exact) mass is 545 g/mol. The van der Waals surface area contributed by atoms with Crippen molar-refractivity contribution in [3.63, 3.8) is 0 Å². The number of aromatic nitrogens is 3. The van der Waals surface area contributed by atoms with Crippen molar-refractivity contribution in [1.82, 2.24) is 24.1 Å². The number of fused-ring (bicyclic) bond motifs is 3. The largest absolute Gasteiger partial charge is 0.331 e. The predicted molar refractivity (Wildman–Crippen MR) is 138 cm³/mol. The number of carbonyl (C=O) groups excluding carboxylic acids is 2. The van der Waals surface area contributed by atoms with Crippen molar-refractivity contribution in [3.8, 4) is 0 Å². The lowest BCUT2D eigenvalue weighted by Gasteiger charge is -2.37. The third kappa shape index (κ3) is 4.24. The SMILES string of the molecule is CC(c1cc(F)c(=O)n(C)c1)N1C[C@@H](C)n2nc3c(c2C1=O)CN(C(=O)c1ccc(Cl)c(Cl)c1)[C@H](C)C3. The quantitative estimate of drug-likeness (QED) is 0.488. The summed E-state index contributed by atoms with van der Waals surface area (Å²) in [7, 11) is 1.48. The van der Waals surface area contributed by atoms with E-state index in [1.165, 1.54) is 17.7 Å². The first-order valence-electron chi connectivity index (χ1n) is 12.0. The van der Waals surface area contributed by atoms with Gasteiger partial charge in [-0.1, -0.05) is 23.2 Å². The number of rotatable bonds is 3. The molecule has 3 aromatic rings. The van der Waals surface area contributed by atoms with Crippen LogP contribution in [0, 0.1) is 5.82 Å². The van der Waals surface area contributed by atoms with E-state index in [2.05, 4.69) is 0 Å². The summed E-state index contributed by atoms with van der Waals surface area (Å²) in [5.74, 6) is -1.32. The second kappa shape index (κ2) is 9.29. The number of amides is 2. The number of halogens is 3. The van der Waals surface area contributed by atoms with Gasteiger partial charge in [0.15, 0.2) is 5.82 Å². The third-order valence-corrected chi connectivity index (χ3v) is 8.06. The van der Waals surface area contributed by atoms with Crippen LogP contribution < -0.4 is 5.56 Å². The predicted octanol–water partition coefficient (Wildman–Crippen LogP) is 4.39. The molecule has 0 radical (unpaired) electrons. The average molecular weight is 546 g/mol. The van der Waals surface area contributed by atoms with Gasteiger partial charge >= 0.3 is 0 Å². The second-order valence-corrected chi connectivity index (χ2v) is 10.7. The highest BCUT2D eigenvalue weighted by molar-refractivity contribution is 6.42. The van der Waals surface area contributed by atoms with Crippen molar-refractivity contribution in [3.05, 3.63) is 84.8 Å². The Bertz CT molecular complexity index is 1470. The Morgan fingerprint density at radius 2 is 1.86 bits per heavy atom. The normalized spacial score (nSPS) is 20.0. The van der Waals surface area contributed by atoms with Gasteiger partial charge in [0.2, 0.25) is 0 Å². The minimum atomic E-state index is -0.864. The molecule has 0 spiro atoms. The van der Waals surface area contributed by atoms with Crippen molar-refractivity contribution < 1.29 is 14.0 Å². The van der Waals surface area contributed by atoms with Gasteiger partial charge in [0.05, 0.1) is 34.4 Å². The van der Waals surface area contributed by atoms with E-state index in [0.29, 0.717) is 45.4 Å². The standard InChI is InChI=1S/C26H26Cl2FN5O3/c1-13-7-22-18(12-32(13)24(35)16-5-6-19(27)20(28)8-16)23-26(37)33(10-14(2)34(23)30-22)15(3)17-9-21(29)25(36)31(4)11-17/h5-6,8-9,11,13-15H,7,10,12H2,1-4H3/t13-,14-,15?/m1/s1. The molecule has 2 aliphatic heterocycles. The Balaban J connectivity index is 1.49. The van der Waals surface area contributed by atoms with E-state index < -0.39 is 17.4 Å². The fourth-order valence-electron chi connectivity index (χ4n) is 5.19. The van der Waals surface area contributed by atoms with Gasteiger partial charge in [-0.15, -0.1) is 0 Å². The molecule has 0 saturated heterocycles. The van der Waals surface area contributed by atoms with Gasteiger partial charge in [-0.2, -0.15) is 5.10 Å². The lowest BCUT2D eigenvalue weighted by molar-refractivity contribution is 0.0573. The lowest BCUT2D eigenvalue weighted by atomic mass is 9.96. The summed E-state index contributed by atoms with van der Waals surface area (Å²) in [5.41, 5.74) is 2.16. The van der Waals surface area contributed by atoms with Crippen molar-refractivity contribution in [2.24, 2.45) is 7.05 Å². The number of hydrogen-bond donors (Lipinski definition) is 0. The number of pyridine rings is 1. The molecule has 0 aliphatic carbocycles. The molecule has 4 heterocycles. The first kappa shape index (κ1) is 25.5. The van der Waals surface area contributed by atoms with Gasteiger partial charge in [0, 0.05) is 43.4 Å². The van der Waals surface area contributed by atoms with Crippen LogP contribution in [0.15, 0.2) is 35.3 Å². The molecule has 0 fully saturated rings. The zero-order valence-corrected chi connectivity index (χ0v) is 22.3.